The lowest BCUT2D eigenvalue weighted by Crippen LogP contribution is -2.07. The SMILES string of the molecule is Cc1ccc(C)c(C(=O)CSc2nnc(-c3ccccc3)n2-c2ccc(C)c(C)c2)c1. The quantitative estimate of drug-likeness (QED) is 0.274. The van der Waals surface area contributed by atoms with Crippen LogP contribution < -0.4 is 0 Å². The van der Waals surface area contributed by atoms with Crippen molar-refractivity contribution in [3.8, 4) is 17.1 Å². The Balaban J connectivity index is 1.71. The van der Waals surface area contributed by atoms with Gasteiger partial charge in [-0.15, -0.1) is 10.2 Å². The van der Waals surface area contributed by atoms with Crippen molar-refractivity contribution in [1.29, 1.82) is 0 Å². The van der Waals surface area contributed by atoms with E-state index in [9.17, 15) is 4.79 Å². The number of thioether (sulfide) groups is 1. The molecule has 156 valence electrons. The Morgan fingerprint density at radius 3 is 2.32 bits per heavy atom. The highest BCUT2D eigenvalue weighted by atomic mass is 32.2. The van der Waals surface area contributed by atoms with Gasteiger partial charge in [0.2, 0.25) is 0 Å². The summed E-state index contributed by atoms with van der Waals surface area (Å²) in [5, 5.41) is 9.64. The molecule has 4 rings (SSSR count). The number of carbonyl (C=O) groups excluding carboxylic acids is 1. The molecule has 4 nitrogen and oxygen atoms in total. The number of ketones is 1. The number of benzene rings is 3. The third-order valence-electron chi connectivity index (χ3n) is 5.44. The van der Waals surface area contributed by atoms with Crippen LogP contribution in [0.25, 0.3) is 17.1 Å². The molecule has 0 saturated heterocycles. The molecule has 31 heavy (non-hydrogen) atoms. The summed E-state index contributed by atoms with van der Waals surface area (Å²) >= 11 is 1.42. The molecule has 0 fully saturated rings. The fraction of sp³-hybridized carbons (Fsp3) is 0.192. The molecule has 0 radical (unpaired) electrons. The number of carbonyl (C=O) groups is 1. The predicted octanol–water partition coefficient (Wildman–Crippen LogP) is 6.14. The molecule has 3 aromatic carbocycles. The summed E-state index contributed by atoms with van der Waals surface area (Å²) < 4.78 is 2.04. The number of Topliss-reactive ketones (excluding diaryl/α,β-unsaturated/α-hetero) is 1. The van der Waals surface area contributed by atoms with Crippen LogP contribution in [0, 0.1) is 27.7 Å². The number of aryl methyl sites for hydroxylation is 4. The first-order valence-electron chi connectivity index (χ1n) is 10.3. The first-order chi connectivity index (χ1) is 14.9. The van der Waals surface area contributed by atoms with E-state index in [-0.39, 0.29) is 5.78 Å². The van der Waals surface area contributed by atoms with Crippen LogP contribution in [0.4, 0.5) is 0 Å². The van der Waals surface area contributed by atoms with Gasteiger partial charge in [-0.05, 0) is 62.6 Å². The standard InChI is InChI=1S/C26H25N3OS/c1-17-10-11-19(3)23(14-17)24(30)16-31-26-28-27-25(21-8-6-5-7-9-21)29(26)22-13-12-18(2)20(4)15-22/h5-15H,16H2,1-4H3. The maximum atomic E-state index is 12.9. The Morgan fingerprint density at radius 1 is 0.839 bits per heavy atom. The monoisotopic (exact) mass is 427 g/mol. The zero-order valence-electron chi connectivity index (χ0n) is 18.2. The van der Waals surface area contributed by atoms with Crippen LogP contribution in [0.1, 0.15) is 32.6 Å². The van der Waals surface area contributed by atoms with Gasteiger partial charge in [0.25, 0.3) is 0 Å². The maximum absolute atomic E-state index is 12.9. The Morgan fingerprint density at radius 2 is 1.58 bits per heavy atom. The number of hydrogen-bond acceptors (Lipinski definition) is 4. The van der Waals surface area contributed by atoms with Crippen LogP contribution in [-0.4, -0.2) is 26.3 Å². The second-order valence-corrected chi connectivity index (χ2v) is 8.75. The number of hydrogen-bond donors (Lipinski definition) is 0. The highest BCUT2D eigenvalue weighted by Crippen LogP contribution is 2.29. The Labute approximate surface area is 187 Å². The molecule has 0 bridgehead atoms. The zero-order chi connectivity index (χ0) is 22.0. The summed E-state index contributed by atoms with van der Waals surface area (Å²) in [4.78, 5) is 12.9. The number of nitrogens with zero attached hydrogens (tertiary/aromatic N) is 3. The molecular weight excluding hydrogens is 402 g/mol. The molecule has 0 aliphatic carbocycles. The average molecular weight is 428 g/mol. The van der Waals surface area contributed by atoms with Gasteiger partial charge in [0, 0.05) is 11.1 Å². The van der Waals surface area contributed by atoms with Crippen LogP contribution in [0.5, 0.6) is 0 Å². The zero-order valence-corrected chi connectivity index (χ0v) is 19.0. The van der Waals surface area contributed by atoms with E-state index in [0.717, 1.165) is 33.8 Å². The van der Waals surface area contributed by atoms with Gasteiger partial charge in [0.1, 0.15) is 0 Å². The molecule has 0 atom stereocenters. The third-order valence-corrected chi connectivity index (χ3v) is 6.37. The van der Waals surface area contributed by atoms with E-state index in [2.05, 4.69) is 42.2 Å². The van der Waals surface area contributed by atoms with Gasteiger partial charge in [-0.25, -0.2) is 0 Å². The van der Waals surface area contributed by atoms with Crippen molar-refractivity contribution in [3.63, 3.8) is 0 Å². The Hall–Kier alpha value is -3.18. The molecular formula is C26H25N3OS. The van der Waals surface area contributed by atoms with Gasteiger partial charge in [-0.2, -0.15) is 0 Å². The van der Waals surface area contributed by atoms with Crippen LogP contribution in [0.3, 0.4) is 0 Å². The second kappa shape index (κ2) is 8.90. The van der Waals surface area contributed by atoms with Crippen LogP contribution in [-0.2, 0) is 0 Å². The van der Waals surface area contributed by atoms with Gasteiger partial charge in [-0.3, -0.25) is 9.36 Å². The fourth-order valence-corrected chi connectivity index (χ4v) is 4.31. The van der Waals surface area contributed by atoms with Crippen LogP contribution in [0.15, 0.2) is 71.9 Å². The van der Waals surface area contributed by atoms with Crippen molar-refractivity contribution in [3.05, 3.63) is 94.5 Å². The molecule has 0 spiro atoms. The van der Waals surface area contributed by atoms with Gasteiger partial charge >= 0.3 is 0 Å². The van der Waals surface area contributed by atoms with Gasteiger partial charge in [-0.1, -0.05) is 65.9 Å². The molecule has 0 saturated carbocycles. The minimum atomic E-state index is 0.0992. The Bertz CT molecular complexity index is 1250. The normalized spacial score (nSPS) is 11.0. The molecule has 4 aromatic rings. The lowest BCUT2D eigenvalue weighted by atomic mass is 10.0. The van der Waals surface area contributed by atoms with E-state index in [1.54, 1.807) is 0 Å². The summed E-state index contributed by atoms with van der Waals surface area (Å²) in [6, 6.07) is 22.3. The van der Waals surface area contributed by atoms with E-state index >= 15 is 0 Å². The number of rotatable bonds is 6. The van der Waals surface area contributed by atoms with Crippen LogP contribution in [0.2, 0.25) is 0 Å². The first-order valence-corrected chi connectivity index (χ1v) is 11.2. The van der Waals surface area contributed by atoms with Crippen molar-refractivity contribution in [2.24, 2.45) is 0 Å². The molecule has 5 heteroatoms. The topological polar surface area (TPSA) is 47.8 Å². The molecule has 0 aliphatic rings. The molecule has 1 heterocycles. The molecule has 0 aliphatic heterocycles. The van der Waals surface area contributed by atoms with Crippen molar-refractivity contribution >= 4 is 17.5 Å². The van der Waals surface area contributed by atoms with Crippen molar-refractivity contribution < 1.29 is 4.79 Å². The highest BCUT2D eigenvalue weighted by molar-refractivity contribution is 7.99. The molecule has 1 aromatic heterocycles. The second-order valence-electron chi connectivity index (χ2n) is 7.81. The first kappa shape index (κ1) is 21.1. The van der Waals surface area contributed by atoms with E-state index in [4.69, 9.17) is 0 Å². The van der Waals surface area contributed by atoms with E-state index in [1.807, 2.05) is 66.9 Å². The van der Waals surface area contributed by atoms with Crippen LogP contribution >= 0.6 is 11.8 Å². The van der Waals surface area contributed by atoms with Crippen molar-refractivity contribution in [1.82, 2.24) is 14.8 Å². The lowest BCUT2D eigenvalue weighted by molar-refractivity contribution is 0.102. The smallest absolute Gasteiger partial charge is 0.196 e. The van der Waals surface area contributed by atoms with E-state index in [1.165, 1.54) is 22.9 Å². The largest absolute Gasteiger partial charge is 0.293 e. The summed E-state index contributed by atoms with van der Waals surface area (Å²) in [6.07, 6.45) is 0. The third kappa shape index (κ3) is 4.47. The van der Waals surface area contributed by atoms with E-state index in [0.29, 0.717) is 10.9 Å². The average Bonchev–Trinajstić information content (AvgIpc) is 3.20. The fourth-order valence-electron chi connectivity index (χ4n) is 3.48. The molecule has 0 amide bonds. The summed E-state index contributed by atoms with van der Waals surface area (Å²) in [7, 11) is 0. The summed E-state index contributed by atoms with van der Waals surface area (Å²) in [5.74, 6) is 1.18. The Kier molecular flexibility index (Phi) is 6.05. The predicted molar refractivity (Wildman–Crippen MR) is 127 cm³/mol. The number of aromatic nitrogens is 3. The highest BCUT2D eigenvalue weighted by Gasteiger charge is 2.18. The van der Waals surface area contributed by atoms with Gasteiger partial charge in [0.05, 0.1) is 11.4 Å². The van der Waals surface area contributed by atoms with Gasteiger partial charge in [0.15, 0.2) is 16.8 Å². The van der Waals surface area contributed by atoms with Gasteiger partial charge < -0.3 is 0 Å². The minimum absolute atomic E-state index is 0.0992. The summed E-state index contributed by atoms with van der Waals surface area (Å²) in [6.45, 7) is 8.18. The lowest BCUT2D eigenvalue weighted by Gasteiger charge is -2.12. The summed E-state index contributed by atoms with van der Waals surface area (Å²) in [5.41, 5.74) is 7.27. The van der Waals surface area contributed by atoms with Crippen molar-refractivity contribution in [2.45, 2.75) is 32.9 Å². The molecule has 0 unspecified atom stereocenters. The maximum Gasteiger partial charge on any atom is 0.196 e. The van der Waals surface area contributed by atoms with Crippen molar-refractivity contribution in [2.75, 3.05) is 5.75 Å². The van der Waals surface area contributed by atoms with E-state index < -0.39 is 0 Å². The minimum Gasteiger partial charge on any atom is -0.293 e. The molecule has 0 N–H and O–H groups in total.